The third-order valence-corrected chi connectivity index (χ3v) is 5.18. The zero-order valence-electron chi connectivity index (χ0n) is 16.3. The average Bonchev–Trinajstić information content (AvgIpc) is 3.23. The fourth-order valence-corrected chi connectivity index (χ4v) is 3.47. The Morgan fingerprint density at radius 3 is 2.86 bits per heavy atom. The standard InChI is InChI=1S/C20H26N4O4/c1-12(2)24-19-16(10-22-24)15(8-17(23-19)13-5-6-13)20(26)28-11-18(25)21-9-14-4-3-7-27-14/h8,10,12-14H,3-7,9,11H2,1-2H3,(H,21,25)/t14-/m0/s1. The zero-order chi connectivity index (χ0) is 19.7. The number of carbonyl (C=O) groups is 2. The average molecular weight is 386 g/mol. The summed E-state index contributed by atoms with van der Waals surface area (Å²) in [5.74, 6) is -0.458. The molecule has 0 aromatic carbocycles. The van der Waals surface area contributed by atoms with Crippen molar-refractivity contribution >= 4 is 22.9 Å². The maximum Gasteiger partial charge on any atom is 0.339 e. The summed E-state index contributed by atoms with van der Waals surface area (Å²) in [5, 5.41) is 7.79. The molecule has 150 valence electrons. The SMILES string of the molecule is CC(C)n1ncc2c(C(=O)OCC(=O)NC[C@@H]3CCCO3)cc(C3CC3)nc21. The van der Waals surface area contributed by atoms with Crippen LogP contribution in [0, 0.1) is 0 Å². The fraction of sp³-hybridized carbons (Fsp3) is 0.600. The summed E-state index contributed by atoms with van der Waals surface area (Å²) in [5.41, 5.74) is 2.00. The number of nitrogens with one attached hydrogen (secondary N) is 1. The molecule has 28 heavy (non-hydrogen) atoms. The quantitative estimate of drug-likeness (QED) is 0.734. The van der Waals surface area contributed by atoms with Gasteiger partial charge in [0.15, 0.2) is 12.3 Å². The third-order valence-electron chi connectivity index (χ3n) is 5.18. The van der Waals surface area contributed by atoms with Gasteiger partial charge in [0.25, 0.3) is 5.91 Å². The Hall–Kier alpha value is -2.48. The van der Waals surface area contributed by atoms with Gasteiger partial charge in [-0.1, -0.05) is 0 Å². The van der Waals surface area contributed by atoms with Gasteiger partial charge in [0, 0.05) is 30.8 Å². The second-order valence-electron chi connectivity index (χ2n) is 7.80. The summed E-state index contributed by atoms with van der Waals surface area (Å²) < 4.78 is 12.6. The topological polar surface area (TPSA) is 95.3 Å². The van der Waals surface area contributed by atoms with Crippen molar-refractivity contribution in [1.82, 2.24) is 20.1 Å². The number of nitrogens with zero attached hydrogens (tertiary/aromatic N) is 3. The smallest absolute Gasteiger partial charge is 0.339 e. The molecule has 1 amide bonds. The minimum atomic E-state index is -0.523. The Labute approximate surface area is 163 Å². The van der Waals surface area contributed by atoms with Gasteiger partial charge in [-0.3, -0.25) is 4.79 Å². The van der Waals surface area contributed by atoms with Crippen LogP contribution >= 0.6 is 0 Å². The molecule has 2 aliphatic rings. The molecule has 8 nitrogen and oxygen atoms in total. The molecule has 8 heteroatoms. The van der Waals surface area contributed by atoms with Gasteiger partial charge in [0.05, 0.1) is 23.3 Å². The van der Waals surface area contributed by atoms with E-state index in [2.05, 4.69) is 10.4 Å². The highest BCUT2D eigenvalue weighted by Gasteiger charge is 2.28. The molecule has 2 aromatic heterocycles. The van der Waals surface area contributed by atoms with Crippen LogP contribution in [-0.4, -0.2) is 52.5 Å². The largest absolute Gasteiger partial charge is 0.452 e. The van der Waals surface area contributed by atoms with E-state index in [4.69, 9.17) is 14.5 Å². The molecule has 2 aromatic rings. The Bertz CT molecular complexity index is 882. The van der Waals surface area contributed by atoms with Crippen LogP contribution in [0.2, 0.25) is 0 Å². The molecule has 4 rings (SSSR count). The maximum absolute atomic E-state index is 12.7. The Balaban J connectivity index is 1.46. The lowest BCUT2D eigenvalue weighted by Gasteiger charge is -2.12. The summed E-state index contributed by atoms with van der Waals surface area (Å²) in [6.07, 6.45) is 5.82. The number of fused-ring (bicyclic) bond motifs is 1. The number of amides is 1. The van der Waals surface area contributed by atoms with Crippen LogP contribution in [-0.2, 0) is 14.3 Å². The molecule has 1 aliphatic carbocycles. The maximum atomic E-state index is 12.7. The molecule has 1 N–H and O–H groups in total. The molecule has 1 atom stereocenters. The molecule has 1 saturated heterocycles. The molecular weight excluding hydrogens is 360 g/mol. The van der Waals surface area contributed by atoms with Crippen LogP contribution in [0.3, 0.4) is 0 Å². The summed E-state index contributed by atoms with van der Waals surface area (Å²) in [6, 6.07) is 1.92. The molecule has 1 saturated carbocycles. The molecule has 2 fully saturated rings. The number of hydrogen-bond donors (Lipinski definition) is 1. The first-order valence-corrected chi connectivity index (χ1v) is 9.96. The van der Waals surface area contributed by atoms with Crippen LogP contribution in [0.5, 0.6) is 0 Å². The number of hydrogen-bond acceptors (Lipinski definition) is 6. The lowest BCUT2D eigenvalue weighted by Crippen LogP contribution is -2.34. The lowest BCUT2D eigenvalue weighted by molar-refractivity contribution is -0.124. The van der Waals surface area contributed by atoms with Crippen molar-refractivity contribution in [2.45, 2.75) is 57.6 Å². The predicted octanol–water partition coefficient (Wildman–Crippen LogP) is 2.34. The normalized spacial score (nSPS) is 19.3. The van der Waals surface area contributed by atoms with Gasteiger partial charge in [-0.05, 0) is 45.6 Å². The van der Waals surface area contributed by atoms with E-state index in [0.29, 0.717) is 29.1 Å². The summed E-state index contributed by atoms with van der Waals surface area (Å²) in [4.78, 5) is 29.4. The number of carbonyl (C=O) groups excluding carboxylic acids is 2. The molecule has 0 radical (unpaired) electrons. The van der Waals surface area contributed by atoms with Crippen molar-refractivity contribution in [3.05, 3.63) is 23.5 Å². The number of esters is 1. The molecular formula is C20H26N4O4. The van der Waals surface area contributed by atoms with Gasteiger partial charge in [-0.2, -0.15) is 5.10 Å². The first-order valence-electron chi connectivity index (χ1n) is 9.96. The Morgan fingerprint density at radius 1 is 1.36 bits per heavy atom. The highest BCUT2D eigenvalue weighted by atomic mass is 16.5. The second-order valence-corrected chi connectivity index (χ2v) is 7.80. The van der Waals surface area contributed by atoms with E-state index < -0.39 is 5.97 Å². The van der Waals surface area contributed by atoms with Gasteiger partial charge >= 0.3 is 5.97 Å². The number of rotatable bonds is 7. The third kappa shape index (κ3) is 4.01. The zero-order valence-corrected chi connectivity index (χ0v) is 16.3. The van der Waals surface area contributed by atoms with Crippen molar-refractivity contribution < 1.29 is 19.1 Å². The van der Waals surface area contributed by atoms with Crippen LogP contribution < -0.4 is 5.32 Å². The van der Waals surface area contributed by atoms with Crippen molar-refractivity contribution in [3.63, 3.8) is 0 Å². The molecule has 3 heterocycles. The van der Waals surface area contributed by atoms with Gasteiger partial charge in [-0.25, -0.2) is 14.5 Å². The van der Waals surface area contributed by atoms with Crippen molar-refractivity contribution in [2.24, 2.45) is 0 Å². The first kappa shape index (κ1) is 18.9. The summed E-state index contributed by atoms with van der Waals surface area (Å²) >= 11 is 0. The highest BCUT2D eigenvalue weighted by molar-refractivity contribution is 6.03. The van der Waals surface area contributed by atoms with Crippen molar-refractivity contribution in [2.75, 3.05) is 19.8 Å². The molecule has 0 bridgehead atoms. The number of aromatic nitrogens is 3. The van der Waals surface area contributed by atoms with E-state index in [1.807, 2.05) is 18.5 Å². The first-order chi connectivity index (χ1) is 13.5. The van der Waals surface area contributed by atoms with Crippen molar-refractivity contribution in [3.8, 4) is 0 Å². The van der Waals surface area contributed by atoms with Gasteiger partial charge < -0.3 is 14.8 Å². The van der Waals surface area contributed by atoms with Crippen LogP contribution in [0.15, 0.2) is 12.3 Å². The number of ether oxygens (including phenoxy) is 2. The van der Waals surface area contributed by atoms with E-state index in [-0.39, 0.29) is 24.7 Å². The summed E-state index contributed by atoms with van der Waals surface area (Å²) in [6.45, 7) is 4.92. The fourth-order valence-electron chi connectivity index (χ4n) is 3.47. The van der Waals surface area contributed by atoms with E-state index in [1.54, 1.807) is 12.3 Å². The van der Waals surface area contributed by atoms with Gasteiger partial charge in [0.1, 0.15) is 0 Å². The minimum Gasteiger partial charge on any atom is -0.452 e. The van der Waals surface area contributed by atoms with Crippen LogP contribution in [0.1, 0.15) is 67.5 Å². The van der Waals surface area contributed by atoms with Gasteiger partial charge in [0.2, 0.25) is 0 Å². The van der Waals surface area contributed by atoms with Crippen LogP contribution in [0.25, 0.3) is 11.0 Å². The minimum absolute atomic E-state index is 0.0578. The highest BCUT2D eigenvalue weighted by Crippen LogP contribution is 2.40. The van der Waals surface area contributed by atoms with E-state index in [1.165, 1.54) is 0 Å². The molecule has 0 spiro atoms. The van der Waals surface area contributed by atoms with Crippen LogP contribution in [0.4, 0.5) is 0 Å². The summed E-state index contributed by atoms with van der Waals surface area (Å²) in [7, 11) is 0. The van der Waals surface area contributed by atoms with Gasteiger partial charge in [-0.15, -0.1) is 0 Å². The Kier molecular flexibility index (Phi) is 5.30. The second kappa shape index (κ2) is 7.87. The molecule has 0 unspecified atom stereocenters. The van der Waals surface area contributed by atoms with E-state index >= 15 is 0 Å². The predicted molar refractivity (Wildman–Crippen MR) is 102 cm³/mol. The van der Waals surface area contributed by atoms with E-state index in [9.17, 15) is 9.59 Å². The monoisotopic (exact) mass is 386 g/mol. The Morgan fingerprint density at radius 2 is 2.18 bits per heavy atom. The lowest BCUT2D eigenvalue weighted by atomic mass is 10.1. The van der Waals surface area contributed by atoms with E-state index in [0.717, 1.165) is 38.0 Å². The number of pyridine rings is 1. The molecule has 1 aliphatic heterocycles. The van der Waals surface area contributed by atoms with Crippen molar-refractivity contribution in [1.29, 1.82) is 0 Å².